The second-order valence-corrected chi connectivity index (χ2v) is 7.18. The smallest absolute Gasteiger partial charge is 0.290 e. The Hall–Kier alpha value is -3.62. The number of hydrogen-bond donors (Lipinski definition) is 1. The largest absolute Gasteiger partial charge is 0.460 e. The van der Waals surface area contributed by atoms with Crippen molar-refractivity contribution in [2.45, 2.75) is 13.5 Å². The first-order chi connectivity index (χ1) is 14.4. The molecule has 0 spiro atoms. The summed E-state index contributed by atoms with van der Waals surface area (Å²) in [7, 11) is 0. The van der Waals surface area contributed by atoms with Gasteiger partial charge in [-0.25, -0.2) is 9.07 Å². The van der Waals surface area contributed by atoms with E-state index in [0.29, 0.717) is 49.1 Å². The van der Waals surface area contributed by atoms with Crippen molar-refractivity contribution in [2.75, 3.05) is 36.8 Å². The number of nitrogens with zero attached hydrogens (tertiary/aromatic N) is 4. The van der Waals surface area contributed by atoms with Gasteiger partial charge in [0.2, 0.25) is 5.91 Å². The minimum atomic E-state index is -0.527. The lowest BCUT2D eigenvalue weighted by molar-refractivity contribution is -0.132. The van der Waals surface area contributed by atoms with Crippen molar-refractivity contribution < 1.29 is 13.6 Å². The van der Waals surface area contributed by atoms with E-state index in [1.807, 2.05) is 4.90 Å². The highest BCUT2D eigenvalue weighted by Crippen LogP contribution is 2.21. The number of nitrogen functional groups attached to an aromatic ring is 1. The van der Waals surface area contributed by atoms with E-state index in [1.165, 1.54) is 12.1 Å². The molecule has 0 unspecified atom stereocenters. The summed E-state index contributed by atoms with van der Waals surface area (Å²) < 4.78 is 20.6. The Morgan fingerprint density at radius 1 is 1.17 bits per heavy atom. The molecule has 1 saturated heterocycles. The summed E-state index contributed by atoms with van der Waals surface area (Å²) in [6.07, 6.45) is 0. The van der Waals surface area contributed by atoms with E-state index in [-0.39, 0.29) is 24.0 Å². The number of halogens is 1. The minimum absolute atomic E-state index is 0.00812. The van der Waals surface area contributed by atoms with Crippen LogP contribution in [0.1, 0.15) is 5.76 Å². The van der Waals surface area contributed by atoms with Gasteiger partial charge in [-0.05, 0) is 37.3 Å². The van der Waals surface area contributed by atoms with Crippen LogP contribution in [0.4, 0.5) is 15.8 Å². The van der Waals surface area contributed by atoms with Gasteiger partial charge < -0.3 is 20.0 Å². The maximum absolute atomic E-state index is 14.0. The zero-order valence-corrected chi connectivity index (χ0v) is 16.5. The molecule has 0 radical (unpaired) electrons. The van der Waals surface area contributed by atoms with Gasteiger partial charge in [-0.1, -0.05) is 12.1 Å². The molecule has 9 heteroatoms. The van der Waals surface area contributed by atoms with Gasteiger partial charge in [-0.15, -0.1) is 0 Å². The number of piperazine rings is 1. The fourth-order valence-electron chi connectivity index (χ4n) is 3.50. The van der Waals surface area contributed by atoms with E-state index in [9.17, 15) is 14.0 Å². The minimum Gasteiger partial charge on any atom is -0.460 e. The molecule has 30 heavy (non-hydrogen) atoms. The van der Waals surface area contributed by atoms with Gasteiger partial charge in [0.1, 0.15) is 29.5 Å². The maximum atomic E-state index is 14.0. The van der Waals surface area contributed by atoms with Gasteiger partial charge in [0.25, 0.3) is 5.56 Å². The Balaban J connectivity index is 1.46. The quantitative estimate of drug-likeness (QED) is 0.704. The number of aryl methyl sites for hydroxylation is 1. The molecule has 3 aromatic rings. The van der Waals surface area contributed by atoms with E-state index < -0.39 is 5.56 Å². The molecule has 0 aliphatic carbocycles. The maximum Gasteiger partial charge on any atom is 0.290 e. The summed E-state index contributed by atoms with van der Waals surface area (Å²) in [6, 6.07) is 11.5. The second kappa shape index (κ2) is 8.02. The number of amides is 1. The predicted octanol–water partition coefficient (Wildman–Crippen LogP) is 1.88. The van der Waals surface area contributed by atoms with Gasteiger partial charge in [0.05, 0.1) is 5.69 Å². The average Bonchev–Trinajstić information content (AvgIpc) is 3.18. The number of furan rings is 1. The average molecular weight is 411 g/mol. The molecule has 1 amide bonds. The highest BCUT2D eigenvalue weighted by molar-refractivity contribution is 5.76. The van der Waals surface area contributed by atoms with Crippen molar-refractivity contribution in [1.82, 2.24) is 14.7 Å². The third kappa shape index (κ3) is 3.91. The molecule has 1 fully saturated rings. The SMILES string of the molecule is Cc1ccc(-c2cc(N)c(=O)n(CC(=O)N3CCN(c4ccccc4F)CC3)n2)o1. The standard InChI is InChI=1S/C21H22FN5O3/c1-14-6-7-19(30-14)17-12-16(23)21(29)27(24-17)13-20(28)26-10-8-25(9-11-26)18-5-3-2-4-15(18)22/h2-7,12H,8-11,13,23H2,1H3. The van der Waals surface area contributed by atoms with E-state index in [2.05, 4.69) is 5.10 Å². The molecule has 2 N–H and O–H groups in total. The van der Waals surface area contributed by atoms with Crippen LogP contribution in [-0.4, -0.2) is 46.8 Å². The molecule has 1 aliphatic rings. The van der Waals surface area contributed by atoms with Crippen molar-refractivity contribution >= 4 is 17.3 Å². The normalized spacial score (nSPS) is 14.2. The zero-order chi connectivity index (χ0) is 21.3. The highest BCUT2D eigenvalue weighted by Gasteiger charge is 2.24. The van der Waals surface area contributed by atoms with Crippen LogP contribution >= 0.6 is 0 Å². The fourth-order valence-corrected chi connectivity index (χ4v) is 3.50. The van der Waals surface area contributed by atoms with Crippen LogP contribution in [-0.2, 0) is 11.3 Å². The molecule has 2 aromatic heterocycles. The van der Waals surface area contributed by atoms with Crippen molar-refractivity contribution in [1.29, 1.82) is 0 Å². The number of benzene rings is 1. The number of aromatic nitrogens is 2. The summed E-state index contributed by atoms with van der Waals surface area (Å²) in [6.45, 7) is 3.43. The topological polar surface area (TPSA) is 97.6 Å². The Morgan fingerprint density at radius 2 is 1.90 bits per heavy atom. The Labute approximate surface area is 172 Å². The monoisotopic (exact) mass is 411 g/mol. The van der Waals surface area contributed by atoms with E-state index in [0.717, 1.165) is 4.68 Å². The molecule has 3 heterocycles. The van der Waals surface area contributed by atoms with Crippen LogP contribution in [0, 0.1) is 12.7 Å². The lowest BCUT2D eigenvalue weighted by Gasteiger charge is -2.36. The summed E-state index contributed by atoms with van der Waals surface area (Å²) in [4.78, 5) is 28.7. The summed E-state index contributed by atoms with van der Waals surface area (Å²) in [5.41, 5.74) is 6.21. The molecule has 0 atom stereocenters. The lowest BCUT2D eigenvalue weighted by atomic mass is 10.2. The Kier molecular flexibility index (Phi) is 5.26. The summed E-state index contributed by atoms with van der Waals surface area (Å²) in [5.74, 6) is 0.643. The summed E-state index contributed by atoms with van der Waals surface area (Å²) in [5, 5.41) is 4.25. The van der Waals surface area contributed by atoms with Crippen molar-refractivity contribution in [2.24, 2.45) is 0 Å². The van der Waals surface area contributed by atoms with Crippen LogP contribution in [0.5, 0.6) is 0 Å². The van der Waals surface area contributed by atoms with Crippen LogP contribution in [0.3, 0.4) is 0 Å². The second-order valence-electron chi connectivity index (χ2n) is 7.18. The number of rotatable bonds is 4. The van der Waals surface area contributed by atoms with Crippen LogP contribution < -0.4 is 16.2 Å². The van der Waals surface area contributed by atoms with Crippen LogP contribution in [0.25, 0.3) is 11.5 Å². The van der Waals surface area contributed by atoms with E-state index in [4.69, 9.17) is 10.2 Å². The third-order valence-electron chi connectivity index (χ3n) is 5.11. The number of carbonyl (C=O) groups excluding carboxylic acids is 1. The number of nitrogens with two attached hydrogens (primary N) is 1. The molecule has 156 valence electrons. The predicted molar refractivity (Wildman–Crippen MR) is 111 cm³/mol. The first-order valence-electron chi connectivity index (χ1n) is 9.64. The Morgan fingerprint density at radius 3 is 2.57 bits per heavy atom. The molecule has 0 bridgehead atoms. The van der Waals surface area contributed by atoms with Crippen molar-refractivity contribution in [3.05, 3.63) is 64.4 Å². The lowest BCUT2D eigenvalue weighted by Crippen LogP contribution is -2.50. The molecular formula is C21H22FN5O3. The number of hydrogen-bond acceptors (Lipinski definition) is 6. The van der Waals surface area contributed by atoms with Gasteiger partial charge in [-0.2, -0.15) is 5.10 Å². The van der Waals surface area contributed by atoms with E-state index >= 15 is 0 Å². The van der Waals surface area contributed by atoms with Gasteiger partial charge >= 0.3 is 0 Å². The Bertz CT molecular complexity index is 1130. The zero-order valence-electron chi connectivity index (χ0n) is 16.5. The molecule has 0 saturated carbocycles. The van der Waals surface area contributed by atoms with E-state index in [1.54, 1.807) is 42.2 Å². The van der Waals surface area contributed by atoms with Gasteiger partial charge in [0, 0.05) is 26.2 Å². The first kappa shape index (κ1) is 19.7. The molecular weight excluding hydrogens is 389 g/mol. The molecule has 1 aromatic carbocycles. The molecule has 8 nitrogen and oxygen atoms in total. The van der Waals surface area contributed by atoms with Crippen molar-refractivity contribution in [3.63, 3.8) is 0 Å². The molecule has 1 aliphatic heterocycles. The van der Waals surface area contributed by atoms with Crippen LogP contribution in [0.2, 0.25) is 0 Å². The number of para-hydroxylation sites is 1. The van der Waals surface area contributed by atoms with Gasteiger partial charge in [-0.3, -0.25) is 9.59 Å². The first-order valence-corrected chi connectivity index (χ1v) is 9.64. The number of carbonyl (C=O) groups is 1. The number of anilines is 2. The third-order valence-corrected chi connectivity index (χ3v) is 5.11. The summed E-state index contributed by atoms with van der Waals surface area (Å²) >= 11 is 0. The van der Waals surface area contributed by atoms with Crippen molar-refractivity contribution in [3.8, 4) is 11.5 Å². The van der Waals surface area contributed by atoms with Gasteiger partial charge in [0.15, 0.2) is 5.76 Å². The van der Waals surface area contributed by atoms with Crippen LogP contribution in [0.15, 0.2) is 51.7 Å². The molecule has 4 rings (SSSR count). The fraction of sp³-hybridized carbons (Fsp3) is 0.286. The highest BCUT2D eigenvalue weighted by atomic mass is 19.1.